The summed E-state index contributed by atoms with van der Waals surface area (Å²) in [5.41, 5.74) is -0.563. The van der Waals surface area contributed by atoms with Crippen molar-refractivity contribution >= 4 is 5.97 Å². The van der Waals surface area contributed by atoms with Crippen LogP contribution in [0.15, 0.2) is 0 Å². The van der Waals surface area contributed by atoms with Gasteiger partial charge in [0.05, 0.1) is 5.41 Å². The van der Waals surface area contributed by atoms with Crippen LogP contribution < -0.4 is 0 Å². The van der Waals surface area contributed by atoms with Crippen LogP contribution in [0.1, 0.15) is 58.8 Å². The van der Waals surface area contributed by atoms with E-state index in [1.165, 1.54) is 12.8 Å². The molecule has 1 unspecified atom stereocenters. The molecule has 1 aliphatic carbocycles. The summed E-state index contributed by atoms with van der Waals surface area (Å²) >= 11 is 0. The maximum Gasteiger partial charge on any atom is 0.309 e. The molecule has 0 aromatic carbocycles. The second kappa shape index (κ2) is 6.39. The van der Waals surface area contributed by atoms with Crippen LogP contribution in [0.5, 0.6) is 0 Å². The van der Waals surface area contributed by atoms with Gasteiger partial charge in [0, 0.05) is 6.61 Å². The van der Waals surface area contributed by atoms with Crippen molar-refractivity contribution in [2.24, 2.45) is 17.3 Å². The Kier molecular flexibility index (Phi) is 5.44. The van der Waals surface area contributed by atoms with Crippen LogP contribution in [0.25, 0.3) is 0 Å². The number of hydrogen-bond acceptors (Lipinski definition) is 2. The molecule has 17 heavy (non-hydrogen) atoms. The van der Waals surface area contributed by atoms with Gasteiger partial charge in [0.2, 0.25) is 0 Å². The van der Waals surface area contributed by atoms with Gasteiger partial charge < -0.3 is 10.2 Å². The number of hydrogen-bond donors (Lipinski definition) is 2. The lowest BCUT2D eigenvalue weighted by molar-refractivity contribution is -0.153. The molecule has 1 saturated carbocycles. The van der Waals surface area contributed by atoms with Crippen LogP contribution >= 0.6 is 0 Å². The van der Waals surface area contributed by atoms with Crippen molar-refractivity contribution in [3.63, 3.8) is 0 Å². The molecule has 0 spiro atoms. The van der Waals surface area contributed by atoms with Gasteiger partial charge in [-0.3, -0.25) is 4.79 Å². The molecular weight excluding hydrogens is 216 g/mol. The molecule has 0 heterocycles. The fraction of sp³-hybridized carbons (Fsp3) is 0.929. The van der Waals surface area contributed by atoms with Crippen LogP contribution in [0.3, 0.4) is 0 Å². The molecule has 0 saturated heterocycles. The topological polar surface area (TPSA) is 57.5 Å². The fourth-order valence-corrected chi connectivity index (χ4v) is 3.16. The Bertz CT molecular complexity index is 242. The Hall–Kier alpha value is -0.570. The normalized spacial score (nSPS) is 31.1. The van der Waals surface area contributed by atoms with E-state index in [0.29, 0.717) is 6.42 Å². The van der Waals surface area contributed by atoms with Crippen molar-refractivity contribution in [1.82, 2.24) is 0 Å². The van der Waals surface area contributed by atoms with Gasteiger partial charge in [-0.2, -0.15) is 0 Å². The Balaban J connectivity index is 2.60. The summed E-state index contributed by atoms with van der Waals surface area (Å²) < 4.78 is 0. The Morgan fingerprint density at radius 2 is 2.00 bits per heavy atom. The zero-order valence-electron chi connectivity index (χ0n) is 11.1. The minimum atomic E-state index is -0.659. The van der Waals surface area contributed by atoms with Gasteiger partial charge in [-0.1, -0.05) is 26.7 Å². The Morgan fingerprint density at radius 3 is 2.41 bits per heavy atom. The van der Waals surface area contributed by atoms with Gasteiger partial charge in [0.15, 0.2) is 0 Å². The van der Waals surface area contributed by atoms with Gasteiger partial charge in [-0.15, -0.1) is 0 Å². The number of carbonyl (C=O) groups is 1. The maximum atomic E-state index is 11.5. The molecule has 0 radical (unpaired) electrons. The third kappa shape index (κ3) is 3.70. The van der Waals surface area contributed by atoms with E-state index in [-0.39, 0.29) is 12.5 Å². The number of carboxylic acids is 1. The molecule has 1 rings (SSSR count). The first-order chi connectivity index (χ1) is 8.04. The third-order valence-electron chi connectivity index (χ3n) is 4.26. The molecule has 0 aromatic heterocycles. The lowest BCUT2D eigenvalue weighted by Gasteiger charge is -2.38. The monoisotopic (exact) mass is 242 g/mol. The number of aliphatic carboxylic acids is 1. The first kappa shape index (κ1) is 14.5. The Morgan fingerprint density at radius 1 is 1.41 bits per heavy atom. The molecule has 100 valence electrons. The summed E-state index contributed by atoms with van der Waals surface area (Å²) in [6.45, 7) is 4.21. The first-order valence-electron chi connectivity index (χ1n) is 6.88. The highest BCUT2D eigenvalue weighted by atomic mass is 16.4. The highest BCUT2D eigenvalue weighted by molar-refractivity contribution is 5.74. The molecule has 0 bridgehead atoms. The summed E-state index contributed by atoms with van der Waals surface area (Å²) in [5, 5.41) is 18.6. The predicted molar refractivity (Wildman–Crippen MR) is 67.8 cm³/mol. The summed E-state index contributed by atoms with van der Waals surface area (Å²) in [7, 11) is 0. The largest absolute Gasteiger partial charge is 0.481 e. The van der Waals surface area contributed by atoms with Crippen LogP contribution in [0, 0.1) is 17.3 Å². The number of rotatable bonds is 6. The van der Waals surface area contributed by atoms with Crippen molar-refractivity contribution in [1.29, 1.82) is 0 Å². The minimum absolute atomic E-state index is 0.0907. The lowest BCUT2D eigenvalue weighted by atomic mass is 9.66. The molecule has 3 nitrogen and oxygen atoms in total. The lowest BCUT2D eigenvalue weighted by Crippen LogP contribution is -2.37. The summed E-state index contributed by atoms with van der Waals surface area (Å²) in [6, 6.07) is 0. The van der Waals surface area contributed by atoms with E-state index in [2.05, 4.69) is 6.92 Å². The summed E-state index contributed by atoms with van der Waals surface area (Å²) in [4.78, 5) is 11.5. The van der Waals surface area contributed by atoms with Crippen molar-refractivity contribution in [2.45, 2.75) is 58.8 Å². The van der Waals surface area contributed by atoms with Crippen molar-refractivity contribution in [2.75, 3.05) is 6.61 Å². The molecule has 2 N–H and O–H groups in total. The second-order valence-corrected chi connectivity index (χ2v) is 5.81. The number of aliphatic hydroxyl groups is 1. The van der Waals surface area contributed by atoms with E-state index in [1.54, 1.807) is 0 Å². The molecule has 1 fully saturated rings. The van der Waals surface area contributed by atoms with Gasteiger partial charge >= 0.3 is 5.97 Å². The van der Waals surface area contributed by atoms with Crippen LogP contribution in [0.2, 0.25) is 0 Å². The fourth-order valence-electron chi connectivity index (χ4n) is 3.16. The van der Waals surface area contributed by atoms with Crippen LogP contribution in [0.4, 0.5) is 0 Å². The SMILES string of the molecule is CCCC1CCC(CC(C)CO)(C(=O)O)CC1. The van der Waals surface area contributed by atoms with Gasteiger partial charge in [0.25, 0.3) is 0 Å². The highest BCUT2D eigenvalue weighted by Gasteiger charge is 2.42. The van der Waals surface area contributed by atoms with Crippen molar-refractivity contribution in [3.8, 4) is 0 Å². The van der Waals surface area contributed by atoms with Gasteiger partial charge in [-0.25, -0.2) is 0 Å². The number of carboxylic acid groups (broad SMARTS) is 1. The molecule has 0 aliphatic heterocycles. The number of aliphatic hydroxyl groups excluding tert-OH is 1. The minimum Gasteiger partial charge on any atom is -0.481 e. The molecule has 1 atom stereocenters. The van der Waals surface area contributed by atoms with Crippen LogP contribution in [-0.2, 0) is 4.79 Å². The van der Waals surface area contributed by atoms with E-state index in [9.17, 15) is 9.90 Å². The third-order valence-corrected chi connectivity index (χ3v) is 4.26. The van der Waals surface area contributed by atoms with Gasteiger partial charge in [0.1, 0.15) is 0 Å². The van der Waals surface area contributed by atoms with E-state index < -0.39 is 11.4 Å². The van der Waals surface area contributed by atoms with Crippen LogP contribution in [-0.4, -0.2) is 22.8 Å². The summed E-state index contributed by atoms with van der Waals surface area (Å²) in [5.74, 6) is 0.151. The van der Waals surface area contributed by atoms with E-state index >= 15 is 0 Å². The molecule has 0 amide bonds. The van der Waals surface area contributed by atoms with Crippen molar-refractivity contribution in [3.05, 3.63) is 0 Å². The second-order valence-electron chi connectivity index (χ2n) is 5.81. The first-order valence-corrected chi connectivity index (χ1v) is 6.88. The highest BCUT2D eigenvalue weighted by Crippen LogP contribution is 2.44. The molecule has 1 aliphatic rings. The smallest absolute Gasteiger partial charge is 0.309 e. The zero-order valence-corrected chi connectivity index (χ0v) is 11.1. The van der Waals surface area contributed by atoms with E-state index in [4.69, 9.17) is 5.11 Å². The van der Waals surface area contributed by atoms with E-state index in [1.807, 2.05) is 6.92 Å². The molecule has 0 aromatic rings. The average molecular weight is 242 g/mol. The molecule has 3 heteroatoms. The predicted octanol–water partition coefficient (Wildman–Crippen LogP) is 3.07. The van der Waals surface area contributed by atoms with Crippen molar-refractivity contribution < 1.29 is 15.0 Å². The standard InChI is InChI=1S/C14H26O3/c1-3-4-12-5-7-14(8-6-12,13(16)17)9-11(2)10-15/h11-12,15H,3-10H2,1-2H3,(H,16,17). The van der Waals surface area contributed by atoms with Gasteiger partial charge in [-0.05, 0) is 43.9 Å². The maximum absolute atomic E-state index is 11.5. The van der Waals surface area contributed by atoms with E-state index in [0.717, 1.165) is 31.6 Å². The average Bonchev–Trinajstić information content (AvgIpc) is 2.31. The zero-order chi connectivity index (χ0) is 12.9. The molecular formula is C14H26O3. The quantitative estimate of drug-likeness (QED) is 0.752. The Labute approximate surface area is 104 Å². The summed E-state index contributed by atoms with van der Waals surface area (Å²) in [6.07, 6.45) is 6.70.